The van der Waals surface area contributed by atoms with Gasteiger partial charge in [0, 0.05) is 18.8 Å². The Morgan fingerprint density at radius 2 is 1.87 bits per heavy atom. The van der Waals surface area contributed by atoms with Gasteiger partial charge in [-0.3, -0.25) is 0 Å². The first-order valence-electron chi connectivity index (χ1n) is 9.59. The number of rotatable bonds is 5. The predicted molar refractivity (Wildman–Crippen MR) is 117 cm³/mol. The molecule has 5 aromatic rings. The van der Waals surface area contributed by atoms with E-state index in [1.54, 1.807) is 12.5 Å². The van der Waals surface area contributed by atoms with Gasteiger partial charge >= 0.3 is 6.01 Å². The molecule has 0 aliphatic carbocycles. The minimum atomic E-state index is 0.259. The summed E-state index contributed by atoms with van der Waals surface area (Å²) in [4.78, 5) is 21.3. The van der Waals surface area contributed by atoms with Crippen LogP contribution in [0, 0.1) is 6.92 Å². The van der Waals surface area contributed by atoms with E-state index in [2.05, 4.69) is 30.2 Å². The van der Waals surface area contributed by atoms with E-state index >= 15 is 0 Å². The second-order valence-electron chi connectivity index (χ2n) is 7.03. The van der Waals surface area contributed by atoms with Crippen molar-refractivity contribution in [3.05, 3.63) is 60.8 Å². The topological polar surface area (TPSA) is 99.9 Å². The van der Waals surface area contributed by atoms with E-state index in [4.69, 9.17) is 9.47 Å². The summed E-state index contributed by atoms with van der Waals surface area (Å²) in [5.41, 5.74) is 4.97. The van der Waals surface area contributed by atoms with Crippen molar-refractivity contribution in [3.8, 4) is 17.5 Å². The minimum absolute atomic E-state index is 0.259. The van der Waals surface area contributed by atoms with Gasteiger partial charge in [-0.25, -0.2) is 19.9 Å². The van der Waals surface area contributed by atoms with E-state index in [0.717, 1.165) is 33.8 Å². The molecule has 9 nitrogen and oxygen atoms in total. The molecule has 0 saturated heterocycles. The van der Waals surface area contributed by atoms with Crippen molar-refractivity contribution in [2.24, 2.45) is 7.05 Å². The van der Waals surface area contributed by atoms with Gasteiger partial charge in [0.25, 0.3) is 0 Å². The molecular formula is C22H19N7O2. The number of imidazole rings is 1. The Kier molecular flexibility index (Phi) is 4.55. The highest BCUT2D eigenvalue weighted by Crippen LogP contribution is 2.30. The number of hydrogen-bond donors (Lipinski definition) is 1. The van der Waals surface area contributed by atoms with Gasteiger partial charge in [-0.2, -0.15) is 4.98 Å². The van der Waals surface area contributed by atoms with Crippen molar-refractivity contribution in [3.63, 3.8) is 0 Å². The molecule has 0 spiro atoms. The lowest BCUT2D eigenvalue weighted by atomic mass is 10.2. The van der Waals surface area contributed by atoms with Crippen LogP contribution in [0.5, 0.6) is 17.5 Å². The quantitative estimate of drug-likeness (QED) is 0.458. The maximum Gasteiger partial charge on any atom is 0.316 e. The third-order valence-electron chi connectivity index (χ3n) is 4.90. The molecule has 0 unspecified atom stereocenters. The van der Waals surface area contributed by atoms with Crippen molar-refractivity contribution in [2.45, 2.75) is 6.92 Å². The second-order valence-corrected chi connectivity index (χ2v) is 7.03. The molecular weight excluding hydrogens is 394 g/mol. The normalized spacial score (nSPS) is 11.1. The summed E-state index contributed by atoms with van der Waals surface area (Å²) in [7, 11) is 3.49. The Morgan fingerprint density at radius 3 is 2.71 bits per heavy atom. The molecule has 0 bridgehead atoms. The average molecular weight is 413 g/mol. The third kappa shape index (κ3) is 3.57. The minimum Gasteiger partial charge on any atom is -0.467 e. The molecule has 5 rings (SSSR count). The number of ether oxygens (including phenoxy) is 2. The van der Waals surface area contributed by atoms with Crippen LogP contribution in [0.15, 0.2) is 55.2 Å². The smallest absolute Gasteiger partial charge is 0.316 e. The SMILES string of the molecule is COc1ncc2ncnc(Nc3ccc(Oc4ccc5c(c4)ncn5C)c(C)c3)c2n1. The Labute approximate surface area is 177 Å². The molecule has 0 aliphatic rings. The molecule has 3 heterocycles. The van der Waals surface area contributed by atoms with Crippen molar-refractivity contribution >= 4 is 33.6 Å². The van der Waals surface area contributed by atoms with Gasteiger partial charge in [0.1, 0.15) is 28.9 Å². The molecule has 31 heavy (non-hydrogen) atoms. The van der Waals surface area contributed by atoms with Crippen molar-refractivity contribution in [1.29, 1.82) is 0 Å². The summed E-state index contributed by atoms with van der Waals surface area (Å²) >= 11 is 0. The number of aromatic nitrogens is 6. The number of methoxy groups -OCH3 is 1. The first-order chi connectivity index (χ1) is 15.1. The van der Waals surface area contributed by atoms with Crippen LogP contribution in [0.4, 0.5) is 11.5 Å². The van der Waals surface area contributed by atoms with Crippen LogP contribution in [0.1, 0.15) is 5.56 Å². The largest absolute Gasteiger partial charge is 0.467 e. The standard InChI is InChI=1S/C22H19N7O2/c1-13-8-14(27-21-20-17(24-11-25-21)10-23-22(28-20)30-3)4-7-19(13)31-15-5-6-18-16(9-15)26-12-29(18)2/h4-12H,1-3H3,(H,24,25,27). The van der Waals surface area contributed by atoms with Crippen molar-refractivity contribution in [1.82, 2.24) is 29.5 Å². The van der Waals surface area contributed by atoms with Gasteiger partial charge in [-0.1, -0.05) is 0 Å². The van der Waals surface area contributed by atoms with E-state index in [1.807, 2.05) is 54.9 Å². The number of fused-ring (bicyclic) bond motifs is 2. The summed E-state index contributed by atoms with van der Waals surface area (Å²) in [5.74, 6) is 2.07. The number of aryl methyl sites for hydroxylation is 2. The fourth-order valence-electron chi connectivity index (χ4n) is 3.31. The molecule has 1 N–H and O–H groups in total. The van der Waals surface area contributed by atoms with Crippen LogP contribution in [0.2, 0.25) is 0 Å². The Bertz CT molecular complexity index is 1410. The van der Waals surface area contributed by atoms with Crippen LogP contribution in [-0.4, -0.2) is 36.6 Å². The van der Waals surface area contributed by atoms with Gasteiger partial charge in [0.15, 0.2) is 5.82 Å². The molecule has 0 atom stereocenters. The Balaban J connectivity index is 1.41. The summed E-state index contributed by atoms with van der Waals surface area (Å²) < 4.78 is 13.2. The molecule has 9 heteroatoms. The van der Waals surface area contributed by atoms with Crippen LogP contribution in [-0.2, 0) is 7.05 Å². The Hall–Kier alpha value is -4.27. The van der Waals surface area contributed by atoms with E-state index in [-0.39, 0.29) is 6.01 Å². The molecule has 0 amide bonds. The third-order valence-corrected chi connectivity index (χ3v) is 4.90. The lowest BCUT2D eigenvalue weighted by Crippen LogP contribution is -2.00. The lowest BCUT2D eigenvalue weighted by molar-refractivity contribution is 0.381. The van der Waals surface area contributed by atoms with E-state index < -0.39 is 0 Å². The monoisotopic (exact) mass is 413 g/mol. The average Bonchev–Trinajstić information content (AvgIpc) is 3.15. The van der Waals surface area contributed by atoms with Gasteiger partial charge < -0.3 is 19.4 Å². The lowest BCUT2D eigenvalue weighted by Gasteiger charge is -2.12. The Morgan fingerprint density at radius 1 is 0.968 bits per heavy atom. The molecule has 0 fully saturated rings. The number of anilines is 2. The summed E-state index contributed by atoms with van der Waals surface area (Å²) in [6.45, 7) is 1.99. The summed E-state index contributed by atoms with van der Waals surface area (Å²) in [6.07, 6.45) is 4.87. The molecule has 3 aromatic heterocycles. The number of nitrogens with one attached hydrogen (secondary N) is 1. The second kappa shape index (κ2) is 7.52. The number of hydrogen-bond acceptors (Lipinski definition) is 8. The summed E-state index contributed by atoms with van der Waals surface area (Å²) in [6, 6.07) is 12.0. The maximum atomic E-state index is 6.09. The molecule has 0 radical (unpaired) electrons. The maximum absolute atomic E-state index is 6.09. The zero-order valence-corrected chi connectivity index (χ0v) is 17.2. The van der Waals surface area contributed by atoms with Gasteiger partial charge in [-0.05, 0) is 42.8 Å². The first kappa shape index (κ1) is 18.7. The molecule has 154 valence electrons. The van der Waals surface area contributed by atoms with Crippen molar-refractivity contribution < 1.29 is 9.47 Å². The predicted octanol–water partition coefficient (Wildman–Crippen LogP) is 4.16. The molecule has 0 aliphatic heterocycles. The highest BCUT2D eigenvalue weighted by atomic mass is 16.5. The van der Waals surface area contributed by atoms with E-state index in [1.165, 1.54) is 13.4 Å². The van der Waals surface area contributed by atoms with Gasteiger partial charge in [0.2, 0.25) is 0 Å². The van der Waals surface area contributed by atoms with E-state index in [0.29, 0.717) is 16.9 Å². The molecule has 2 aromatic carbocycles. The van der Waals surface area contributed by atoms with Gasteiger partial charge in [-0.15, -0.1) is 0 Å². The van der Waals surface area contributed by atoms with Gasteiger partial charge in [0.05, 0.1) is 30.7 Å². The van der Waals surface area contributed by atoms with Crippen LogP contribution < -0.4 is 14.8 Å². The van der Waals surface area contributed by atoms with Crippen LogP contribution in [0.3, 0.4) is 0 Å². The fourth-order valence-corrected chi connectivity index (χ4v) is 3.31. The molecule has 0 saturated carbocycles. The van der Waals surface area contributed by atoms with Crippen LogP contribution in [0.25, 0.3) is 22.1 Å². The highest BCUT2D eigenvalue weighted by molar-refractivity contribution is 5.86. The zero-order chi connectivity index (χ0) is 21.4. The fraction of sp³-hybridized carbons (Fsp3) is 0.136. The first-order valence-corrected chi connectivity index (χ1v) is 9.59. The highest BCUT2D eigenvalue weighted by Gasteiger charge is 2.10. The summed E-state index contributed by atoms with van der Waals surface area (Å²) in [5, 5.41) is 3.29. The van der Waals surface area contributed by atoms with E-state index in [9.17, 15) is 0 Å². The van der Waals surface area contributed by atoms with Crippen LogP contribution >= 0.6 is 0 Å². The zero-order valence-electron chi connectivity index (χ0n) is 17.2. The number of benzene rings is 2. The number of nitrogens with zero attached hydrogens (tertiary/aromatic N) is 6. The van der Waals surface area contributed by atoms with Crippen molar-refractivity contribution in [2.75, 3.05) is 12.4 Å².